The van der Waals surface area contributed by atoms with E-state index in [0.717, 1.165) is 56.7 Å². The summed E-state index contributed by atoms with van der Waals surface area (Å²) in [7, 11) is 0. The molecule has 4 bridgehead atoms. The van der Waals surface area contributed by atoms with Gasteiger partial charge in [0.15, 0.2) is 0 Å². The van der Waals surface area contributed by atoms with Crippen LogP contribution < -0.4 is 10.6 Å². The highest BCUT2D eigenvalue weighted by Gasteiger charge is 2.51. The van der Waals surface area contributed by atoms with Gasteiger partial charge in [-0.25, -0.2) is 4.79 Å². The largest absolute Gasteiger partial charge is 0.343 e. The maximum Gasteiger partial charge on any atom is 0.315 e. The Hall–Kier alpha value is -1.26. The highest BCUT2D eigenvalue weighted by Crippen LogP contribution is 2.55. The summed E-state index contributed by atoms with van der Waals surface area (Å²) in [6.07, 6.45) is 11.4. The predicted molar refractivity (Wildman–Crippen MR) is 102 cm³/mol. The van der Waals surface area contributed by atoms with E-state index in [4.69, 9.17) is 0 Å². The van der Waals surface area contributed by atoms with Gasteiger partial charge in [0.1, 0.15) is 0 Å². The van der Waals surface area contributed by atoms with Gasteiger partial charge in [0.2, 0.25) is 5.91 Å². The average molecular weight is 362 g/mol. The number of carbonyl (C=O) groups is 2. The standard InChI is InChI=1S/C21H35N3O2/c1-2-3-19(25)24-6-4-15(5-7-24)14-22-20(26)23-21-11-16-8-17(12-21)10-18(9-16)13-21/h15-18H,2-14H2,1H3,(H2,22,23,26). The summed E-state index contributed by atoms with van der Waals surface area (Å²) in [5, 5.41) is 6.54. The molecular weight excluding hydrogens is 326 g/mol. The lowest BCUT2D eigenvalue weighted by Gasteiger charge is -2.56. The van der Waals surface area contributed by atoms with E-state index in [1.54, 1.807) is 0 Å². The van der Waals surface area contributed by atoms with E-state index in [1.165, 1.54) is 38.5 Å². The quantitative estimate of drug-likeness (QED) is 0.789. The molecule has 5 heteroatoms. The number of carbonyl (C=O) groups excluding carboxylic acids is 2. The van der Waals surface area contributed by atoms with Gasteiger partial charge in [0, 0.05) is 31.6 Å². The zero-order chi connectivity index (χ0) is 18.1. The summed E-state index contributed by atoms with van der Waals surface area (Å²) < 4.78 is 0. The molecule has 5 aliphatic rings. The molecule has 1 aliphatic heterocycles. The molecule has 0 atom stereocenters. The number of likely N-dealkylation sites (tertiary alicyclic amines) is 1. The van der Waals surface area contributed by atoms with Gasteiger partial charge < -0.3 is 15.5 Å². The highest BCUT2D eigenvalue weighted by atomic mass is 16.2. The smallest absolute Gasteiger partial charge is 0.315 e. The fraction of sp³-hybridized carbons (Fsp3) is 0.905. The van der Waals surface area contributed by atoms with E-state index in [2.05, 4.69) is 17.6 Å². The minimum Gasteiger partial charge on any atom is -0.343 e. The van der Waals surface area contributed by atoms with Gasteiger partial charge in [-0.05, 0) is 81.5 Å². The first-order chi connectivity index (χ1) is 12.5. The Morgan fingerprint density at radius 1 is 1.00 bits per heavy atom. The SMILES string of the molecule is CCCC(=O)N1CCC(CNC(=O)NC23CC4CC(CC(C4)C2)C3)CC1. The van der Waals surface area contributed by atoms with Crippen molar-refractivity contribution in [3.63, 3.8) is 0 Å². The van der Waals surface area contributed by atoms with Crippen LogP contribution >= 0.6 is 0 Å². The third-order valence-electron chi connectivity index (χ3n) is 7.40. The van der Waals surface area contributed by atoms with Crippen molar-refractivity contribution in [1.82, 2.24) is 15.5 Å². The van der Waals surface area contributed by atoms with Crippen molar-refractivity contribution in [3.05, 3.63) is 0 Å². The van der Waals surface area contributed by atoms with Crippen molar-refractivity contribution in [2.75, 3.05) is 19.6 Å². The number of urea groups is 1. The predicted octanol–water partition coefficient (Wildman–Crippen LogP) is 3.29. The molecular formula is C21H35N3O2. The zero-order valence-electron chi connectivity index (χ0n) is 16.3. The molecule has 0 unspecified atom stereocenters. The van der Waals surface area contributed by atoms with Crippen LogP contribution in [0.5, 0.6) is 0 Å². The molecule has 26 heavy (non-hydrogen) atoms. The third-order valence-corrected chi connectivity index (χ3v) is 7.40. The Bertz CT molecular complexity index is 504. The van der Waals surface area contributed by atoms with Crippen molar-refractivity contribution in [3.8, 4) is 0 Å². The van der Waals surface area contributed by atoms with E-state index >= 15 is 0 Å². The van der Waals surface area contributed by atoms with Gasteiger partial charge >= 0.3 is 6.03 Å². The van der Waals surface area contributed by atoms with Crippen LogP contribution in [-0.2, 0) is 4.79 Å². The Labute approximate surface area is 157 Å². The molecule has 5 rings (SSSR count). The molecule has 0 spiro atoms. The number of hydrogen-bond donors (Lipinski definition) is 2. The third kappa shape index (κ3) is 3.86. The van der Waals surface area contributed by atoms with Crippen LogP contribution in [0.25, 0.3) is 0 Å². The lowest BCUT2D eigenvalue weighted by Crippen LogP contribution is -2.61. The average Bonchev–Trinajstić information content (AvgIpc) is 2.59. The summed E-state index contributed by atoms with van der Waals surface area (Å²) in [6, 6.07) is 0.0384. The summed E-state index contributed by atoms with van der Waals surface area (Å²) in [5.74, 6) is 3.35. The van der Waals surface area contributed by atoms with Crippen LogP contribution in [-0.4, -0.2) is 42.0 Å². The van der Waals surface area contributed by atoms with Crippen LogP contribution in [0.1, 0.15) is 71.1 Å². The van der Waals surface area contributed by atoms with Crippen LogP contribution in [0, 0.1) is 23.7 Å². The second-order valence-electron chi connectivity index (χ2n) is 9.61. The fourth-order valence-corrected chi connectivity index (χ4v) is 6.54. The minimum absolute atomic E-state index is 0.0384. The number of nitrogens with zero attached hydrogens (tertiary/aromatic N) is 1. The number of amides is 3. The van der Waals surface area contributed by atoms with E-state index in [0.29, 0.717) is 18.2 Å². The number of rotatable bonds is 5. The first kappa shape index (κ1) is 18.1. The number of nitrogens with one attached hydrogen (secondary N) is 2. The van der Waals surface area contributed by atoms with E-state index in [-0.39, 0.29) is 11.6 Å². The summed E-state index contributed by atoms with van der Waals surface area (Å²) in [5.41, 5.74) is 0.0920. The second-order valence-corrected chi connectivity index (χ2v) is 9.61. The van der Waals surface area contributed by atoms with Gasteiger partial charge in [0.05, 0.1) is 0 Å². The maximum absolute atomic E-state index is 12.5. The van der Waals surface area contributed by atoms with Gasteiger partial charge in [-0.15, -0.1) is 0 Å². The van der Waals surface area contributed by atoms with Crippen molar-refractivity contribution in [2.24, 2.45) is 23.7 Å². The van der Waals surface area contributed by atoms with E-state index in [9.17, 15) is 9.59 Å². The fourth-order valence-electron chi connectivity index (χ4n) is 6.54. The number of piperidine rings is 1. The molecule has 146 valence electrons. The first-order valence-electron chi connectivity index (χ1n) is 10.9. The van der Waals surface area contributed by atoms with E-state index < -0.39 is 0 Å². The molecule has 0 aromatic carbocycles. The molecule has 0 aromatic rings. The minimum atomic E-state index is 0.0384. The van der Waals surface area contributed by atoms with Crippen molar-refractivity contribution < 1.29 is 9.59 Å². The Balaban J connectivity index is 1.20. The zero-order valence-corrected chi connectivity index (χ0v) is 16.3. The summed E-state index contributed by atoms with van der Waals surface area (Å²) in [4.78, 5) is 26.5. The van der Waals surface area contributed by atoms with Gasteiger partial charge in [0.25, 0.3) is 0 Å². The molecule has 4 saturated carbocycles. The Morgan fingerprint density at radius 2 is 1.58 bits per heavy atom. The van der Waals surface area contributed by atoms with Crippen molar-refractivity contribution >= 4 is 11.9 Å². The first-order valence-corrected chi connectivity index (χ1v) is 10.9. The van der Waals surface area contributed by atoms with E-state index in [1.807, 2.05) is 4.90 Å². The van der Waals surface area contributed by atoms with Crippen LogP contribution in [0.2, 0.25) is 0 Å². The van der Waals surface area contributed by atoms with Crippen molar-refractivity contribution in [1.29, 1.82) is 0 Å². The molecule has 2 N–H and O–H groups in total. The molecule has 5 nitrogen and oxygen atoms in total. The summed E-state index contributed by atoms with van der Waals surface area (Å²) >= 11 is 0. The van der Waals surface area contributed by atoms with Crippen molar-refractivity contribution in [2.45, 2.75) is 76.7 Å². The van der Waals surface area contributed by atoms with Gasteiger partial charge in [-0.2, -0.15) is 0 Å². The normalized spacial score (nSPS) is 36.2. The molecule has 3 amide bonds. The molecule has 0 aromatic heterocycles. The van der Waals surface area contributed by atoms with Crippen LogP contribution in [0.3, 0.4) is 0 Å². The van der Waals surface area contributed by atoms with Crippen LogP contribution in [0.15, 0.2) is 0 Å². The lowest BCUT2D eigenvalue weighted by molar-refractivity contribution is -0.132. The van der Waals surface area contributed by atoms with Gasteiger partial charge in [-0.1, -0.05) is 6.92 Å². The molecule has 0 radical (unpaired) electrons. The molecule has 1 saturated heterocycles. The monoisotopic (exact) mass is 361 g/mol. The molecule has 5 fully saturated rings. The Morgan fingerprint density at radius 3 is 2.12 bits per heavy atom. The number of hydrogen-bond acceptors (Lipinski definition) is 2. The topological polar surface area (TPSA) is 61.4 Å². The lowest BCUT2D eigenvalue weighted by atomic mass is 9.53. The second kappa shape index (κ2) is 7.40. The summed E-state index contributed by atoms with van der Waals surface area (Å²) in [6.45, 7) is 4.49. The van der Waals surface area contributed by atoms with Gasteiger partial charge in [-0.3, -0.25) is 4.79 Å². The highest BCUT2D eigenvalue weighted by molar-refractivity contribution is 5.76. The molecule has 1 heterocycles. The van der Waals surface area contributed by atoms with Crippen LogP contribution in [0.4, 0.5) is 4.79 Å². The Kier molecular flexibility index (Phi) is 5.15. The molecule has 4 aliphatic carbocycles. The maximum atomic E-state index is 12.5.